The second-order valence-corrected chi connectivity index (χ2v) is 5.58. The number of methoxy groups -OCH3 is 1. The number of anilines is 2. The first kappa shape index (κ1) is 13.2. The first-order valence-electron chi connectivity index (χ1n) is 7.17. The highest BCUT2D eigenvalue weighted by Crippen LogP contribution is 2.31. The Morgan fingerprint density at radius 2 is 2.25 bits per heavy atom. The van der Waals surface area contributed by atoms with Gasteiger partial charge in [-0.2, -0.15) is 0 Å². The molecule has 2 atom stereocenters. The van der Waals surface area contributed by atoms with Crippen LogP contribution in [0.5, 0.6) is 0 Å². The highest BCUT2D eigenvalue weighted by atomic mass is 16.5. The molecule has 5 nitrogen and oxygen atoms in total. The maximum absolute atomic E-state index is 11.9. The lowest BCUT2D eigenvalue weighted by atomic mass is 10.0. The molecule has 2 heterocycles. The summed E-state index contributed by atoms with van der Waals surface area (Å²) in [6.07, 6.45) is 3.63. The number of nitrogens with zero attached hydrogens (tertiary/aromatic N) is 1. The normalized spacial score (nSPS) is 25.4. The molecule has 0 saturated carbocycles. The third kappa shape index (κ3) is 2.33. The van der Waals surface area contributed by atoms with Crippen LogP contribution in [0.25, 0.3) is 0 Å². The van der Waals surface area contributed by atoms with Gasteiger partial charge in [0.05, 0.1) is 12.7 Å². The van der Waals surface area contributed by atoms with Crippen LogP contribution in [-0.4, -0.2) is 43.2 Å². The number of nitrogens with two attached hydrogens (primary N) is 1. The number of carbonyl (C=O) groups is 1. The number of nitrogens with one attached hydrogen (secondary N) is 1. The molecule has 20 heavy (non-hydrogen) atoms. The Balaban J connectivity index is 1.82. The molecule has 1 aromatic carbocycles. The van der Waals surface area contributed by atoms with E-state index < -0.39 is 0 Å². The molecule has 1 aromatic rings. The van der Waals surface area contributed by atoms with Gasteiger partial charge in [0.25, 0.3) is 0 Å². The highest BCUT2D eigenvalue weighted by molar-refractivity contribution is 5.96. The minimum atomic E-state index is -0.346. The summed E-state index contributed by atoms with van der Waals surface area (Å²) in [5.74, 6) is -0.346. The SMILES string of the molecule is COC(=O)c1cc(N)ccc1NC1CCN2CCCC12. The fourth-order valence-corrected chi connectivity index (χ4v) is 3.42. The Hall–Kier alpha value is -1.75. The smallest absolute Gasteiger partial charge is 0.340 e. The molecule has 2 saturated heterocycles. The van der Waals surface area contributed by atoms with Crippen molar-refractivity contribution in [1.82, 2.24) is 4.90 Å². The number of hydrogen-bond donors (Lipinski definition) is 2. The molecule has 2 fully saturated rings. The summed E-state index contributed by atoms with van der Waals surface area (Å²) < 4.78 is 4.84. The van der Waals surface area contributed by atoms with Crippen molar-refractivity contribution in [3.05, 3.63) is 23.8 Å². The van der Waals surface area contributed by atoms with E-state index >= 15 is 0 Å². The first-order chi connectivity index (χ1) is 9.69. The van der Waals surface area contributed by atoms with Crippen LogP contribution in [0.3, 0.4) is 0 Å². The van der Waals surface area contributed by atoms with Crippen molar-refractivity contribution in [3.63, 3.8) is 0 Å². The topological polar surface area (TPSA) is 67.6 Å². The quantitative estimate of drug-likeness (QED) is 0.649. The van der Waals surface area contributed by atoms with Crippen LogP contribution >= 0.6 is 0 Å². The molecule has 0 spiro atoms. The van der Waals surface area contributed by atoms with E-state index in [1.54, 1.807) is 6.07 Å². The molecule has 0 amide bonds. The monoisotopic (exact) mass is 275 g/mol. The van der Waals surface area contributed by atoms with Gasteiger partial charge in [0.2, 0.25) is 0 Å². The van der Waals surface area contributed by atoms with Crippen LogP contribution in [0.1, 0.15) is 29.6 Å². The molecule has 0 bridgehead atoms. The van der Waals surface area contributed by atoms with Crippen molar-refractivity contribution >= 4 is 17.3 Å². The van der Waals surface area contributed by atoms with E-state index in [1.165, 1.54) is 26.5 Å². The minimum absolute atomic E-state index is 0.346. The van der Waals surface area contributed by atoms with Gasteiger partial charge >= 0.3 is 5.97 Å². The van der Waals surface area contributed by atoms with E-state index in [0.29, 0.717) is 23.3 Å². The molecule has 5 heteroatoms. The molecule has 0 aliphatic carbocycles. The molecule has 3 rings (SSSR count). The van der Waals surface area contributed by atoms with Crippen molar-refractivity contribution in [2.75, 3.05) is 31.2 Å². The molecule has 2 aliphatic rings. The molecule has 0 radical (unpaired) electrons. The van der Waals surface area contributed by atoms with Crippen molar-refractivity contribution in [2.45, 2.75) is 31.3 Å². The number of nitrogen functional groups attached to an aromatic ring is 1. The zero-order chi connectivity index (χ0) is 14.1. The number of ether oxygens (including phenoxy) is 1. The third-order valence-corrected chi connectivity index (χ3v) is 4.40. The van der Waals surface area contributed by atoms with E-state index in [4.69, 9.17) is 10.5 Å². The van der Waals surface area contributed by atoms with E-state index in [9.17, 15) is 4.79 Å². The molecular formula is C15H21N3O2. The number of benzene rings is 1. The van der Waals surface area contributed by atoms with Crippen molar-refractivity contribution in [2.24, 2.45) is 0 Å². The van der Waals surface area contributed by atoms with Gasteiger partial charge in [0, 0.05) is 30.0 Å². The maximum Gasteiger partial charge on any atom is 0.340 e. The van der Waals surface area contributed by atoms with Crippen LogP contribution in [0.4, 0.5) is 11.4 Å². The number of fused-ring (bicyclic) bond motifs is 1. The average Bonchev–Trinajstić information content (AvgIpc) is 3.04. The summed E-state index contributed by atoms with van der Waals surface area (Å²) in [5, 5.41) is 3.53. The zero-order valence-electron chi connectivity index (χ0n) is 11.8. The van der Waals surface area contributed by atoms with E-state index in [1.807, 2.05) is 12.1 Å². The van der Waals surface area contributed by atoms with Crippen LogP contribution in [0.15, 0.2) is 18.2 Å². The fourth-order valence-electron chi connectivity index (χ4n) is 3.42. The molecule has 0 aromatic heterocycles. The summed E-state index contributed by atoms with van der Waals surface area (Å²) in [6.45, 7) is 2.35. The van der Waals surface area contributed by atoms with Gasteiger partial charge in [-0.25, -0.2) is 4.79 Å². The molecular weight excluding hydrogens is 254 g/mol. The number of hydrogen-bond acceptors (Lipinski definition) is 5. The molecule has 2 unspecified atom stereocenters. The fraction of sp³-hybridized carbons (Fsp3) is 0.533. The van der Waals surface area contributed by atoms with E-state index in [0.717, 1.165) is 18.7 Å². The predicted molar refractivity (Wildman–Crippen MR) is 78.8 cm³/mol. The Morgan fingerprint density at radius 1 is 1.40 bits per heavy atom. The van der Waals surface area contributed by atoms with Gasteiger partial charge in [0.1, 0.15) is 0 Å². The van der Waals surface area contributed by atoms with Gasteiger partial charge in [-0.05, 0) is 44.0 Å². The van der Waals surface area contributed by atoms with Gasteiger partial charge in [-0.15, -0.1) is 0 Å². The minimum Gasteiger partial charge on any atom is -0.465 e. The molecule has 108 valence electrons. The number of esters is 1. The van der Waals surface area contributed by atoms with Crippen molar-refractivity contribution < 1.29 is 9.53 Å². The van der Waals surface area contributed by atoms with Crippen LogP contribution < -0.4 is 11.1 Å². The molecule has 3 N–H and O–H groups in total. The van der Waals surface area contributed by atoms with E-state index in [2.05, 4.69) is 10.2 Å². The Labute approximate surface area is 119 Å². The lowest BCUT2D eigenvalue weighted by Crippen LogP contribution is -2.34. The summed E-state index contributed by atoms with van der Waals surface area (Å²) in [7, 11) is 1.39. The first-order valence-corrected chi connectivity index (χ1v) is 7.17. The maximum atomic E-state index is 11.9. The van der Waals surface area contributed by atoms with Crippen LogP contribution in [0, 0.1) is 0 Å². The Morgan fingerprint density at radius 3 is 3.05 bits per heavy atom. The van der Waals surface area contributed by atoms with Gasteiger partial charge in [0.15, 0.2) is 0 Å². The summed E-state index contributed by atoms with van der Waals surface area (Å²) in [5.41, 5.74) is 7.69. The Bertz CT molecular complexity index is 518. The van der Waals surface area contributed by atoms with Gasteiger partial charge in [-0.3, -0.25) is 4.90 Å². The zero-order valence-corrected chi connectivity index (χ0v) is 11.8. The third-order valence-electron chi connectivity index (χ3n) is 4.40. The van der Waals surface area contributed by atoms with E-state index in [-0.39, 0.29) is 5.97 Å². The van der Waals surface area contributed by atoms with Gasteiger partial charge < -0.3 is 15.8 Å². The number of carbonyl (C=O) groups excluding carboxylic acids is 1. The largest absolute Gasteiger partial charge is 0.465 e. The second-order valence-electron chi connectivity index (χ2n) is 5.58. The number of rotatable bonds is 3. The second kappa shape index (κ2) is 5.32. The average molecular weight is 275 g/mol. The van der Waals surface area contributed by atoms with Crippen molar-refractivity contribution in [3.8, 4) is 0 Å². The molecule has 2 aliphatic heterocycles. The van der Waals surface area contributed by atoms with Crippen molar-refractivity contribution in [1.29, 1.82) is 0 Å². The Kier molecular flexibility index (Phi) is 3.53. The van der Waals surface area contributed by atoms with Gasteiger partial charge in [-0.1, -0.05) is 0 Å². The highest BCUT2D eigenvalue weighted by Gasteiger charge is 2.37. The van der Waals surface area contributed by atoms with Crippen LogP contribution in [0.2, 0.25) is 0 Å². The lowest BCUT2D eigenvalue weighted by Gasteiger charge is -2.23. The predicted octanol–water partition coefficient (Wildman–Crippen LogP) is 1.70. The van der Waals surface area contributed by atoms with Crippen LogP contribution in [-0.2, 0) is 4.74 Å². The summed E-state index contributed by atoms with van der Waals surface area (Å²) >= 11 is 0. The lowest BCUT2D eigenvalue weighted by molar-refractivity contribution is 0.0602. The summed E-state index contributed by atoms with van der Waals surface area (Å²) in [6, 6.07) is 6.37. The standard InChI is InChI=1S/C15H21N3O2/c1-20-15(19)11-9-10(16)4-5-12(11)17-13-6-8-18-7-2-3-14(13)18/h4-5,9,13-14,17H,2-3,6-8,16H2,1H3. The summed E-state index contributed by atoms with van der Waals surface area (Å²) in [4.78, 5) is 14.4.